The molecule has 4 nitrogen and oxygen atoms in total. The third-order valence-electron chi connectivity index (χ3n) is 4.77. The zero-order valence-corrected chi connectivity index (χ0v) is 14.8. The van der Waals surface area contributed by atoms with E-state index in [4.69, 9.17) is 10.5 Å². The van der Waals surface area contributed by atoms with E-state index in [9.17, 15) is 4.79 Å². The molecule has 0 heterocycles. The topological polar surface area (TPSA) is 64.3 Å². The van der Waals surface area contributed by atoms with Crippen LogP contribution in [0.15, 0.2) is 36.4 Å². The van der Waals surface area contributed by atoms with Crippen LogP contribution in [0.2, 0.25) is 0 Å². The molecule has 3 N–H and O–H groups in total. The summed E-state index contributed by atoms with van der Waals surface area (Å²) in [6.07, 6.45) is 4.68. The van der Waals surface area contributed by atoms with Crippen molar-refractivity contribution in [2.45, 2.75) is 37.6 Å². The second-order valence-electron chi connectivity index (χ2n) is 6.53. The highest BCUT2D eigenvalue weighted by atomic mass is 35.5. The lowest BCUT2D eigenvalue weighted by atomic mass is 9.98. The first-order chi connectivity index (χ1) is 11.1. The number of benzene rings is 2. The van der Waals surface area contributed by atoms with Crippen molar-refractivity contribution in [2.75, 3.05) is 13.7 Å². The molecule has 1 fully saturated rings. The van der Waals surface area contributed by atoms with Gasteiger partial charge in [-0.2, -0.15) is 0 Å². The van der Waals surface area contributed by atoms with Gasteiger partial charge in [0, 0.05) is 12.1 Å². The maximum absolute atomic E-state index is 12.3. The third kappa shape index (κ3) is 4.19. The molecule has 0 radical (unpaired) electrons. The largest absolute Gasteiger partial charge is 0.497 e. The van der Waals surface area contributed by atoms with Crippen molar-refractivity contribution >= 4 is 29.1 Å². The zero-order chi connectivity index (χ0) is 16.3. The first-order valence-corrected chi connectivity index (χ1v) is 8.21. The summed E-state index contributed by atoms with van der Waals surface area (Å²) in [5, 5.41) is 5.19. The van der Waals surface area contributed by atoms with Crippen LogP contribution in [0, 0.1) is 0 Å². The Kier molecular flexibility index (Phi) is 6.08. The number of ether oxygens (including phenoxy) is 1. The molecule has 5 heteroatoms. The van der Waals surface area contributed by atoms with Crippen LogP contribution in [0.1, 0.15) is 31.2 Å². The Hall–Kier alpha value is -1.78. The van der Waals surface area contributed by atoms with Crippen molar-refractivity contribution in [2.24, 2.45) is 5.73 Å². The number of nitrogens with two attached hydrogens (primary N) is 1. The summed E-state index contributed by atoms with van der Waals surface area (Å²) in [7, 11) is 1.65. The average Bonchev–Trinajstić information content (AvgIpc) is 3.00. The number of amides is 1. The summed E-state index contributed by atoms with van der Waals surface area (Å²) in [6, 6.07) is 12.0. The van der Waals surface area contributed by atoms with Crippen molar-refractivity contribution in [3.63, 3.8) is 0 Å². The summed E-state index contributed by atoms with van der Waals surface area (Å²) in [5.74, 6) is 0.828. The smallest absolute Gasteiger partial charge is 0.224 e. The molecular formula is C19H25ClN2O2. The molecule has 24 heavy (non-hydrogen) atoms. The second kappa shape index (κ2) is 7.86. The lowest BCUT2D eigenvalue weighted by Gasteiger charge is -2.23. The number of rotatable bonds is 5. The minimum absolute atomic E-state index is 0. The minimum atomic E-state index is -0.211. The van der Waals surface area contributed by atoms with E-state index in [2.05, 4.69) is 5.32 Å². The molecule has 2 aromatic rings. The number of fused-ring (bicyclic) bond motifs is 1. The molecule has 1 aliphatic carbocycles. The molecule has 0 atom stereocenters. The summed E-state index contributed by atoms with van der Waals surface area (Å²) >= 11 is 0. The van der Waals surface area contributed by atoms with Crippen molar-refractivity contribution < 1.29 is 9.53 Å². The lowest BCUT2D eigenvalue weighted by Crippen LogP contribution is -2.48. The highest BCUT2D eigenvalue weighted by Gasteiger charge is 2.29. The maximum atomic E-state index is 12.3. The number of halogens is 1. The van der Waals surface area contributed by atoms with Gasteiger partial charge in [0.25, 0.3) is 0 Å². The molecule has 0 saturated heterocycles. The van der Waals surface area contributed by atoms with E-state index >= 15 is 0 Å². The number of nitrogens with one attached hydrogen (secondary N) is 1. The molecule has 0 bridgehead atoms. The third-order valence-corrected chi connectivity index (χ3v) is 4.77. The Morgan fingerprint density at radius 2 is 2.00 bits per heavy atom. The first-order valence-electron chi connectivity index (χ1n) is 8.21. The Labute approximate surface area is 149 Å². The first kappa shape index (κ1) is 18.6. The van der Waals surface area contributed by atoms with Crippen molar-refractivity contribution in [1.29, 1.82) is 0 Å². The molecule has 0 spiro atoms. The molecule has 130 valence electrons. The van der Waals surface area contributed by atoms with E-state index in [1.165, 1.54) is 0 Å². The SMILES string of the molecule is COc1ccc2cccc(CC(=O)NCC3(N)CCCC3)c2c1.Cl. The van der Waals surface area contributed by atoms with Gasteiger partial charge < -0.3 is 15.8 Å². The molecule has 1 amide bonds. The number of hydrogen-bond acceptors (Lipinski definition) is 3. The summed E-state index contributed by atoms with van der Waals surface area (Å²) in [4.78, 5) is 12.3. The van der Waals surface area contributed by atoms with E-state index < -0.39 is 0 Å². The second-order valence-corrected chi connectivity index (χ2v) is 6.53. The van der Waals surface area contributed by atoms with Crippen LogP contribution < -0.4 is 15.8 Å². The van der Waals surface area contributed by atoms with Crippen LogP contribution in [0.5, 0.6) is 5.75 Å². The molecular weight excluding hydrogens is 324 g/mol. The quantitative estimate of drug-likeness (QED) is 0.872. The fraction of sp³-hybridized carbons (Fsp3) is 0.421. The van der Waals surface area contributed by atoms with Gasteiger partial charge in [-0.25, -0.2) is 0 Å². The Bertz CT molecular complexity index is 712. The predicted molar refractivity (Wildman–Crippen MR) is 99.8 cm³/mol. The Morgan fingerprint density at radius 1 is 1.25 bits per heavy atom. The zero-order valence-electron chi connectivity index (χ0n) is 14.0. The highest BCUT2D eigenvalue weighted by molar-refractivity contribution is 5.91. The fourth-order valence-electron chi connectivity index (χ4n) is 3.36. The molecule has 0 aromatic heterocycles. The van der Waals surface area contributed by atoms with E-state index in [-0.39, 0.29) is 23.9 Å². The van der Waals surface area contributed by atoms with Crippen LogP contribution >= 0.6 is 12.4 Å². The summed E-state index contributed by atoms with van der Waals surface area (Å²) in [5.41, 5.74) is 7.10. The van der Waals surface area contributed by atoms with Crippen LogP contribution in [0.4, 0.5) is 0 Å². The Morgan fingerprint density at radius 3 is 2.71 bits per heavy atom. The summed E-state index contributed by atoms with van der Waals surface area (Å²) < 4.78 is 5.29. The van der Waals surface area contributed by atoms with E-state index in [1.807, 2.05) is 36.4 Å². The molecule has 0 unspecified atom stereocenters. The van der Waals surface area contributed by atoms with E-state index in [1.54, 1.807) is 7.11 Å². The number of carbonyl (C=O) groups is 1. The van der Waals surface area contributed by atoms with Gasteiger partial charge in [0.1, 0.15) is 5.75 Å². The normalized spacial score (nSPS) is 15.8. The van der Waals surface area contributed by atoms with Gasteiger partial charge in [-0.15, -0.1) is 12.4 Å². The summed E-state index contributed by atoms with van der Waals surface area (Å²) in [6.45, 7) is 0.569. The van der Waals surface area contributed by atoms with Crippen LogP contribution in [0.25, 0.3) is 10.8 Å². The molecule has 3 rings (SSSR count). The molecule has 0 aliphatic heterocycles. The van der Waals surface area contributed by atoms with Crippen LogP contribution in [0.3, 0.4) is 0 Å². The Balaban J connectivity index is 0.00000208. The average molecular weight is 349 g/mol. The number of methoxy groups -OCH3 is 1. The standard InChI is InChI=1S/C19H24N2O2.ClH/c1-23-16-8-7-14-5-4-6-15(17(14)12-16)11-18(22)21-13-19(20)9-2-3-10-19;/h4-8,12H,2-3,9-11,13,20H2,1H3,(H,21,22);1H. The van der Waals surface area contributed by atoms with Crippen molar-refractivity contribution in [3.8, 4) is 5.75 Å². The van der Waals surface area contributed by atoms with Crippen molar-refractivity contribution in [1.82, 2.24) is 5.32 Å². The van der Waals surface area contributed by atoms with Gasteiger partial charge in [0.05, 0.1) is 13.5 Å². The molecule has 1 aliphatic rings. The maximum Gasteiger partial charge on any atom is 0.224 e. The van der Waals surface area contributed by atoms with Crippen LogP contribution in [-0.4, -0.2) is 25.1 Å². The van der Waals surface area contributed by atoms with Gasteiger partial charge in [-0.1, -0.05) is 37.1 Å². The number of hydrogen-bond donors (Lipinski definition) is 2. The fourth-order valence-corrected chi connectivity index (χ4v) is 3.36. The van der Waals surface area contributed by atoms with Gasteiger partial charge in [0.2, 0.25) is 5.91 Å². The van der Waals surface area contributed by atoms with Crippen molar-refractivity contribution in [3.05, 3.63) is 42.0 Å². The molecule has 1 saturated carbocycles. The minimum Gasteiger partial charge on any atom is -0.497 e. The highest BCUT2D eigenvalue weighted by Crippen LogP contribution is 2.27. The van der Waals surface area contributed by atoms with Crippen LogP contribution in [-0.2, 0) is 11.2 Å². The van der Waals surface area contributed by atoms with Gasteiger partial charge in [0.15, 0.2) is 0 Å². The monoisotopic (exact) mass is 348 g/mol. The lowest BCUT2D eigenvalue weighted by molar-refractivity contribution is -0.120. The van der Waals surface area contributed by atoms with Gasteiger partial charge >= 0.3 is 0 Å². The van der Waals surface area contributed by atoms with E-state index in [0.717, 1.165) is 47.8 Å². The van der Waals surface area contributed by atoms with E-state index in [0.29, 0.717) is 13.0 Å². The van der Waals surface area contributed by atoms with Gasteiger partial charge in [-0.05, 0) is 41.3 Å². The van der Waals surface area contributed by atoms with Gasteiger partial charge in [-0.3, -0.25) is 4.79 Å². The molecule has 2 aromatic carbocycles. The number of carbonyl (C=O) groups excluding carboxylic acids is 1. The predicted octanol–water partition coefficient (Wildman–Crippen LogP) is 3.20.